The van der Waals surface area contributed by atoms with Crippen molar-refractivity contribution >= 4 is 11.6 Å². The van der Waals surface area contributed by atoms with E-state index < -0.39 is 0 Å². The zero-order valence-electron chi connectivity index (χ0n) is 9.80. The first-order valence-corrected chi connectivity index (χ1v) is 5.96. The Bertz CT molecular complexity index is 361. The minimum absolute atomic E-state index is 0.0450. The van der Waals surface area contributed by atoms with Crippen molar-refractivity contribution < 1.29 is 9.90 Å². The van der Waals surface area contributed by atoms with Gasteiger partial charge in [-0.1, -0.05) is 18.2 Å². The molecule has 1 amide bonds. The Kier molecular flexibility index (Phi) is 4.12. The van der Waals surface area contributed by atoms with E-state index in [4.69, 9.17) is 5.11 Å². The van der Waals surface area contributed by atoms with Crippen LogP contribution in [-0.4, -0.2) is 42.2 Å². The fourth-order valence-electron chi connectivity index (χ4n) is 1.98. The van der Waals surface area contributed by atoms with Gasteiger partial charge in [-0.05, 0) is 12.1 Å². The Labute approximate surface area is 101 Å². The highest BCUT2D eigenvalue weighted by Gasteiger charge is 2.25. The maximum Gasteiger partial charge on any atom is 0.225 e. The molecule has 1 aliphatic rings. The molecule has 0 spiro atoms. The molecule has 0 aliphatic carbocycles. The van der Waals surface area contributed by atoms with Crippen LogP contribution >= 0.6 is 0 Å². The third kappa shape index (κ3) is 3.54. The van der Waals surface area contributed by atoms with Gasteiger partial charge in [0.1, 0.15) is 0 Å². The highest BCUT2D eigenvalue weighted by atomic mass is 16.3. The number of nitrogens with one attached hydrogen (secondary N) is 1. The van der Waals surface area contributed by atoms with Crippen molar-refractivity contribution in [3.8, 4) is 0 Å². The summed E-state index contributed by atoms with van der Waals surface area (Å²) in [5, 5.41) is 11.7. The summed E-state index contributed by atoms with van der Waals surface area (Å²) < 4.78 is 0. The lowest BCUT2D eigenvalue weighted by molar-refractivity contribution is -0.116. The van der Waals surface area contributed by atoms with E-state index in [1.807, 2.05) is 30.3 Å². The number of aliphatic hydroxyl groups is 1. The third-order valence-electron chi connectivity index (χ3n) is 3.00. The highest BCUT2D eigenvalue weighted by Crippen LogP contribution is 2.14. The molecular formula is C13H18N2O2. The molecule has 0 atom stereocenters. The second-order valence-electron chi connectivity index (χ2n) is 4.47. The Morgan fingerprint density at radius 2 is 2.06 bits per heavy atom. The van der Waals surface area contributed by atoms with Gasteiger partial charge in [0.15, 0.2) is 0 Å². The molecule has 0 saturated carbocycles. The number of rotatable bonds is 5. The number of aliphatic hydroxyl groups excluding tert-OH is 1. The van der Waals surface area contributed by atoms with Crippen LogP contribution in [0, 0.1) is 5.92 Å². The van der Waals surface area contributed by atoms with E-state index in [0.717, 1.165) is 25.3 Å². The molecule has 4 nitrogen and oxygen atoms in total. The number of hydrogen-bond acceptors (Lipinski definition) is 3. The third-order valence-corrected chi connectivity index (χ3v) is 3.00. The SMILES string of the molecule is O=C(CCN1CC(CO)C1)Nc1ccccc1. The quantitative estimate of drug-likeness (QED) is 0.797. The van der Waals surface area contributed by atoms with Crippen LogP contribution in [0.4, 0.5) is 5.69 Å². The maximum atomic E-state index is 11.6. The normalized spacial score (nSPS) is 16.5. The van der Waals surface area contributed by atoms with Gasteiger partial charge >= 0.3 is 0 Å². The molecule has 92 valence electrons. The molecule has 0 unspecified atom stereocenters. The van der Waals surface area contributed by atoms with Crippen LogP contribution in [0.15, 0.2) is 30.3 Å². The van der Waals surface area contributed by atoms with E-state index in [1.54, 1.807) is 0 Å². The summed E-state index contributed by atoms with van der Waals surface area (Å²) in [6.07, 6.45) is 0.507. The van der Waals surface area contributed by atoms with Crippen LogP contribution in [0.3, 0.4) is 0 Å². The number of benzene rings is 1. The Hall–Kier alpha value is -1.39. The van der Waals surface area contributed by atoms with Gasteiger partial charge in [0.2, 0.25) is 5.91 Å². The van der Waals surface area contributed by atoms with Crippen molar-refractivity contribution in [2.24, 2.45) is 5.92 Å². The first kappa shape index (κ1) is 12.1. The van der Waals surface area contributed by atoms with E-state index in [1.165, 1.54) is 0 Å². The lowest BCUT2D eigenvalue weighted by Gasteiger charge is -2.38. The monoisotopic (exact) mass is 234 g/mol. The zero-order chi connectivity index (χ0) is 12.1. The Morgan fingerprint density at radius 1 is 1.35 bits per heavy atom. The summed E-state index contributed by atoms with van der Waals surface area (Å²) in [5.41, 5.74) is 0.842. The minimum atomic E-state index is 0.0450. The molecule has 1 aliphatic heterocycles. The van der Waals surface area contributed by atoms with Crippen molar-refractivity contribution in [1.82, 2.24) is 4.90 Å². The molecule has 1 aromatic carbocycles. The van der Waals surface area contributed by atoms with Gasteiger partial charge in [-0.3, -0.25) is 4.79 Å². The summed E-state index contributed by atoms with van der Waals surface area (Å²) >= 11 is 0. The molecule has 1 heterocycles. The fraction of sp³-hybridized carbons (Fsp3) is 0.462. The lowest BCUT2D eigenvalue weighted by Crippen LogP contribution is -2.49. The standard InChI is InChI=1S/C13H18N2O2/c16-10-11-8-15(9-11)7-6-13(17)14-12-4-2-1-3-5-12/h1-5,11,16H,6-10H2,(H,14,17). The number of carbonyl (C=O) groups is 1. The van der Waals surface area contributed by atoms with Gasteiger partial charge in [-0.25, -0.2) is 0 Å². The fourth-order valence-corrected chi connectivity index (χ4v) is 1.98. The lowest BCUT2D eigenvalue weighted by atomic mass is 10.0. The number of likely N-dealkylation sites (tertiary alicyclic amines) is 1. The molecule has 4 heteroatoms. The minimum Gasteiger partial charge on any atom is -0.396 e. The van der Waals surface area contributed by atoms with Gasteiger partial charge in [0.25, 0.3) is 0 Å². The van der Waals surface area contributed by atoms with Gasteiger partial charge in [0.05, 0.1) is 0 Å². The summed E-state index contributed by atoms with van der Waals surface area (Å²) in [5.74, 6) is 0.454. The molecule has 0 bridgehead atoms. The molecular weight excluding hydrogens is 216 g/mol. The van der Waals surface area contributed by atoms with Gasteiger partial charge in [0, 0.05) is 44.3 Å². The molecule has 17 heavy (non-hydrogen) atoms. The average molecular weight is 234 g/mol. The number of nitrogens with zero attached hydrogens (tertiary/aromatic N) is 1. The van der Waals surface area contributed by atoms with Crippen molar-refractivity contribution in [3.63, 3.8) is 0 Å². The second-order valence-corrected chi connectivity index (χ2v) is 4.47. The van der Waals surface area contributed by atoms with E-state index in [9.17, 15) is 4.79 Å². The molecule has 1 fully saturated rings. The molecule has 0 aromatic heterocycles. The molecule has 2 N–H and O–H groups in total. The number of anilines is 1. The Morgan fingerprint density at radius 3 is 2.71 bits per heavy atom. The topological polar surface area (TPSA) is 52.6 Å². The highest BCUT2D eigenvalue weighted by molar-refractivity contribution is 5.90. The number of hydrogen-bond donors (Lipinski definition) is 2. The summed E-state index contributed by atoms with van der Waals surface area (Å²) in [6, 6.07) is 9.48. The first-order valence-electron chi connectivity index (χ1n) is 5.96. The van der Waals surface area contributed by atoms with Gasteiger partial charge < -0.3 is 15.3 Å². The van der Waals surface area contributed by atoms with E-state index in [2.05, 4.69) is 10.2 Å². The number of carbonyl (C=O) groups excluding carboxylic acids is 1. The van der Waals surface area contributed by atoms with Crippen LogP contribution < -0.4 is 5.32 Å². The molecule has 0 radical (unpaired) electrons. The van der Waals surface area contributed by atoms with Crippen molar-refractivity contribution in [3.05, 3.63) is 30.3 Å². The number of para-hydroxylation sites is 1. The Balaban J connectivity index is 1.65. The van der Waals surface area contributed by atoms with Crippen molar-refractivity contribution in [2.75, 3.05) is 31.6 Å². The van der Waals surface area contributed by atoms with Crippen LogP contribution in [0.2, 0.25) is 0 Å². The number of amides is 1. The second kappa shape index (κ2) is 5.80. The smallest absolute Gasteiger partial charge is 0.225 e. The van der Waals surface area contributed by atoms with Crippen LogP contribution in [0.5, 0.6) is 0 Å². The maximum absolute atomic E-state index is 11.6. The summed E-state index contributed by atoms with van der Waals surface area (Å²) in [4.78, 5) is 13.8. The predicted octanol–water partition coefficient (Wildman–Crippen LogP) is 0.939. The summed E-state index contributed by atoms with van der Waals surface area (Å²) in [6.45, 7) is 2.85. The first-order chi connectivity index (χ1) is 8.28. The van der Waals surface area contributed by atoms with Gasteiger partial charge in [-0.2, -0.15) is 0 Å². The largest absolute Gasteiger partial charge is 0.396 e. The predicted molar refractivity (Wildman–Crippen MR) is 66.7 cm³/mol. The summed E-state index contributed by atoms with van der Waals surface area (Å²) in [7, 11) is 0. The van der Waals surface area contributed by atoms with E-state index in [0.29, 0.717) is 12.3 Å². The van der Waals surface area contributed by atoms with Crippen LogP contribution in [-0.2, 0) is 4.79 Å². The van der Waals surface area contributed by atoms with Crippen molar-refractivity contribution in [2.45, 2.75) is 6.42 Å². The molecule has 2 rings (SSSR count). The van der Waals surface area contributed by atoms with Crippen molar-refractivity contribution in [1.29, 1.82) is 0 Å². The van der Waals surface area contributed by atoms with Crippen LogP contribution in [0.1, 0.15) is 6.42 Å². The zero-order valence-corrected chi connectivity index (χ0v) is 9.80. The molecule has 1 aromatic rings. The van der Waals surface area contributed by atoms with Crippen LogP contribution in [0.25, 0.3) is 0 Å². The van der Waals surface area contributed by atoms with E-state index >= 15 is 0 Å². The average Bonchev–Trinajstić information content (AvgIpc) is 2.28. The molecule has 1 saturated heterocycles. The van der Waals surface area contributed by atoms with Gasteiger partial charge in [-0.15, -0.1) is 0 Å². The van der Waals surface area contributed by atoms with E-state index in [-0.39, 0.29) is 12.5 Å².